The number of nitrogens with two attached hydrogens (primary N) is 1. The first-order valence-corrected chi connectivity index (χ1v) is 6.87. The maximum Gasteiger partial charge on any atom is 0.164 e. The second-order valence-corrected chi connectivity index (χ2v) is 5.74. The zero-order valence-electron chi connectivity index (χ0n) is 12.2. The molecule has 3 rings (SSSR count). The molecule has 2 saturated heterocycles. The van der Waals surface area contributed by atoms with Crippen LogP contribution in [0.1, 0.15) is 25.2 Å². The van der Waals surface area contributed by atoms with Crippen LogP contribution in [0.15, 0.2) is 17.2 Å². The van der Waals surface area contributed by atoms with Crippen LogP contribution in [0.2, 0.25) is 0 Å². The number of hydrogen-bond acceptors (Lipinski definition) is 6. The van der Waals surface area contributed by atoms with Crippen molar-refractivity contribution < 1.29 is 14.2 Å². The van der Waals surface area contributed by atoms with Crippen molar-refractivity contribution in [1.29, 1.82) is 5.41 Å². The molecule has 21 heavy (non-hydrogen) atoms. The monoisotopic (exact) mass is 292 g/mol. The molecule has 0 radical (unpaired) electrons. The normalized spacial score (nSPS) is 33.9. The molecule has 1 aromatic rings. The minimum absolute atomic E-state index is 0.167. The molecule has 0 aromatic carbocycles. The van der Waals surface area contributed by atoms with E-state index in [1.54, 1.807) is 10.7 Å². The fourth-order valence-electron chi connectivity index (χ4n) is 3.20. The van der Waals surface area contributed by atoms with Gasteiger partial charge in [0.2, 0.25) is 0 Å². The van der Waals surface area contributed by atoms with Crippen LogP contribution in [-0.2, 0) is 19.8 Å². The lowest BCUT2D eigenvalue weighted by atomic mass is 9.92. The Labute approximate surface area is 123 Å². The lowest BCUT2D eigenvalue weighted by Gasteiger charge is -2.33. The predicted molar refractivity (Wildman–Crippen MR) is 77.8 cm³/mol. The van der Waals surface area contributed by atoms with Crippen molar-refractivity contribution in [3.63, 3.8) is 0 Å². The highest BCUT2D eigenvalue weighted by Gasteiger charge is 2.60. The molecule has 1 unspecified atom stereocenters. The third-order valence-electron chi connectivity index (χ3n) is 4.06. The van der Waals surface area contributed by atoms with E-state index in [0.717, 1.165) is 5.69 Å². The van der Waals surface area contributed by atoms with Gasteiger partial charge in [-0.2, -0.15) is 5.10 Å². The smallest absolute Gasteiger partial charge is 0.164 e. The molecule has 2 aliphatic heterocycles. The van der Waals surface area contributed by atoms with Crippen LogP contribution < -0.4 is 5.73 Å². The van der Waals surface area contributed by atoms with Crippen molar-refractivity contribution in [2.75, 3.05) is 13.2 Å². The summed E-state index contributed by atoms with van der Waals surface area (Å²) in [6.45, 7) is 7.95. The SMILES string of the molecule is C=Nn1c(C=N)ccc1[C@]1(CN)OCC2OC(C)(C)O[C@@H]21. The molecule has 0 aliphatic carbocycles. The van der Waals surface area contributed by atoms with Gasteiger partial charge in [0.15, 0.2) is 11.4 Å². The van der Waals surface area contributed by atoms with Crippen molar-refractivity contribution >= 4 is 12.9 Å². The molecule has 3 heterocycles. The molecule has 0 saturated carbocycles. The Morgan fingerprint density at radius 3 is 2.90 bits per heavy atom. The fourth-order valence-corrected chi connectivity index (χ4v) is 3.20. The first-order valence-electron chi connectivity index (χ1n) is 6.87. The Balaban J connectivity index is 2.08. The Morgan fingerprint density at radius 2 is 2.29 bits per heavy atom. The lowest BCUT2D eigenvalue weighted by Crippen LogP contribution is -2.47. The van der Waals surface area contributed by atoms with Crippen LogP contribution in [0.5, 0.6) is 0 Å². The molecule has 3 N–H and O–H groups in total. The van der Waals surface area contributed by atoms with E-state index in [9.17, 15) is 0 Å². The van der Waals surface area contributed by atoms with Crippen LogP contribution in [0.3, 0.4) is 0 Å². The minimum atomic E-state index is -0.846. The summed E-state index contributed by atoms with van der Waals surface area (Å²) in [7, 11) is 0. The van der Waals surface area contributed by atoms with Gasteiger partial charge in [0.05, 0.1) is 18.0 Å². The minimum Gasteiger partial charge on any atom is -0.362 e. The van der Waals surface area contributed by atoms with Crippen molar-refractivity contribution in [2.45, 2.75) is 37.4 Å². The second-order valence-electron chi connectivity index (χ2n) is 5.74. The molecule has 0 bridgehead atoms. The van der Waals surface area contributed by atoms with E-state index in [2.05, 4.69) is 11.8 Å². The standard InChI is InChI=1S/C14H20N4O3/c1-13(2)20-10-7-19-14(8-16,12(10)21-13)11-5-4-9(6-15)18(11)17-3/h4-6,10,12,15H,3,7-8,16H2,1-2H3/t10?,12-,14-/m0/s1. The van der Waals surface area contributed by atoms with Crippen molar-refractivity contribution in [3.05, 3.63) is 23.5 Å². The molecule has 0 amide bonds. The largest absolute Gasteiger partial charge is 0.362 e. The molecule has 114 valence electrons. The third-order valence-corrected chi connectivity index (χ3v) is 4.06. The molecule has 1 aromatic heterocycles. The third kappa shape index (κ3) is 1.96. The van der Waals surface area contributed by atoms with Gasteiger partial charge in [-0.3, -0.25) is 0 Å². The first kappa shape index (κ1) is 14.4. The summed E-state index contributed by atoms with van der Waals surface area (Å²) in [5, 5.41) is 11.4. The van der Waals surface area contributed by atoms with Gasteiger partial charge in [-0.25, -0.2) is 4.68 Å². The Bertz CT molecular complexity index is 583. The van der Waals surface area contributed by atoms with E-state index in [-0.39, 0.29) is 18.8 Å². The molecule has 2 aliphatic rings. The van der Waals surface area contributed by atoms with Gasteiger partial charge in [0.1, 0.15) is 12.2 Å². The van der Waals surface area contributed by atoms with E-state index >= 15 is 0 Å². The molecule has 3 atom stereocenters. The van der Waals surface area contributed by atoms with E-state index in [1.807, 2.05) is 19.9 Å². The van der Waals surface area contributed by atoms with Crippen molar-refractivity contribution in [3.8, 4) is 0 Å². The van der Waals surface area contributed by atoms with Crippen molar-refractivity contribution in [1.82, 2.24) is 4.68 Å². The number of fused-ring (bicyclic) bond motifs is 1. The Morgan fingerprint density at radius 1 is 1.52 bits per heavy atom. The molecule has 0 spiro atoms. The van der Waals surface area contributed by atoms with Gasteiger partial charge >= 0.3 is 0 Å². The number of aromatic nitrogens is 1. The molecular weight excluding hydrogens is 272 g/mol. The fraction of sp³-hybridized carbons (Fsp3) is 0.571. The highest BCUT2D eigenvalue weighted by atomic mass is 16.8. The van der Waals surface area contributed by atoms with E-state index < -0.39 is 11.4 Å². The van der Waals surface area contributed by atoms with Crippen LogP contribution in [0, 0.1) is 5.41 Å². The van der Waals surface area contributed by atoms with Gasteiger partial charge in [-0.1, -0.05) is 0 Å². The maximum absolute atomic E-state index is 7.44. The summed E-state index contributed by atoms with van der Waals surface area (Å²) in [5.74, 6) is -0.664. The van der Waals surface area contributed by atoms with Crippen LogP contribution in [-0.4, -0.2) is 48.8 Å². The topological polar surface area (TPSA) is 94.9 Å². The van der Waals surface area contributed by atoms with Gasteiger partial charge in [-0.05, 0) is 26.0 Å². The van der Waals surface area contributed by atoms with Crippen molar-refractivity contribution in [2.24, 2.45) is 10.8 Å². The summed E-state index contributed by atoms with van der Waals surface area (Å²) in [6.07, 6.45) is 0.733. The van der Waals surface area contributed by atoms with Gasteiger partial charge in [-0.15, -0.1) is 0 Å². The molecule has 7 heteroatoms. The van der Waals surface area contributed by atoms with Crippen LogP contribution in [0.25, 0.3) is 0 Å². The van der Waals surface area contributed by atoms with Gasteiger partial charge in [0.25, 0.3) is 0 Å². The van der Waals surface area contributed by atoms with Gasteiger partial charge < -0.3 is 25.4 Å². The lowest BCUT2D eigenvalue weighted by molar-refractivity contribution is -0.196. The molecule has 2 fully saturated rings. The summed E-state index contributed by atoms with van der Waals surface area (Å²) < 4.78 is 19.4. The quantitative estimate of drug-likeness (QED) is 0.797. The van der Waals surface area contributed by atoms with Gasteiger partial charge in [0, 0.05) is 19.5 Å². The summed E-state index contributed by atoms with van der Waals surface area (Å²) in [5.41, 5.74) is 6.52. The number of hydrogen-bond donors (Lipinski definition) is 2. The Hall–Kier alpha value is -1.54. The zero-order chi connectivity index (χ0) is 15.3. The number of nitrogens with one attached hydrogen (secondary N) is 1. The van der Waals surface area contributed by atoms with Crippen LogP contribution >= 0.6 is 0 Å². The first-order chi connectivity index (χ1) is 9.97. The maximum atomic E-state index is 7.44. The van der Waals surface area contributed by atoms with E-state index in [4.69, 9.17) is 25.4 Å². The number of ether oxygens (including phenoxy) is 3. The van der Waals surface area contributed by atoms with E-state index in [0.29, 0.717) is 12.3 Å². The summed E-state index contributed by atoms with van der Waals surface area (Å²) >= 11 is 0. The highest BCUT2D eigenvalue weighted by molar-refractivity contribution is 5.75. The number of rotatable bonds is 4. The molecule has 7 nitrogen and oxygen atoms in total. The summed E-state index contributed by atoms with van der Waals surface area (Å²) in [4.78, 5) is 0. The average Bonchev–Trinajstić information content (AvgIpc) is 3.09. The van der Waals surface area contributed by atoms with Crippen LogP contribution in [0.4, 0.5) is 0 Å². The Kier molecular flexibility index (Phi) is 3.25. The summed E-state index contributed by atoms with van der Waals surface area (Å²) in [6, 6.07) is 3.63. The second kappa shape index (κ2) is 4.74. The predicted octanol–water partition coefficient (Wildman–Crippen LogP) is 0.654. The van der Waals surface area contributed by atoms with E-state index in [1.165, 1.54) is 6.21 Å². The molecular formula is C14H20N4O3. The highest BCUT2D eigenvalue weighted by Crippen LogP contribution is 2.46. The zero-order valence-corrected chi connectivity index (χ0v) is 12.2. The number of nitrogens with zero attached hydrogens (tertiary/aromatic N) is 2. The average molecular weight is 292 g/mol.